The Morgan fingerprint density at radius 2 is 1.50 bits per heavy atom. The summed E-state index contributed by atoms with van der Waals surface area (Å²) in [5, 5.41) is 3.07. The van der Waals surface area contributed by atoms with Crippen LogP contribution in [0.4, 0.5) is 5.69 Å². The van der Waals surface area contributed by atoms with Gasteiger partial charge in [0.05, 0.1) is 0 Å². The van der Waals surface area contributed by atoms with E-state index in [0.29, 0.717) is 6.42 Å². The molecule has 0 bridgehead atoms. The van der Waals surface area contributed by atoms with Crippen molar-refractivity contribution in [2.24, 2.45) is 0 Å². The van der Waals surface area contributed by atoms with Crippen LogP contribution in [0.3, 0.4) is 0 Å². The quantitative estimate of drug-likeness (QED) is 0.793. The molecule has 0 aliphatic rings. The Bertz CT molecular complexity index is 698. The van der Waals surface area contributed by atoms with Crippen molar-refractivity contribution in [3.8, 4) is 0 Å². The molecule has 0 unspecified atom stereocenters. The highest BCUT2D eigenvalue weighted by atomic mass is 16.1. The van der Waals surface area contributed by atoms with Gasteiger partial charge in [0.2, 0.25) is 5.91 Å². The van der Waals surface area contributed by atoms with Gasteiger partial charge in [-0.3, -0.25) is 4.79 Å². The number of aryl methyl sites for hydroxylation is 4. The second-order valence-electron chi connectivity index (χ2n) is 7.77. The molecule has 2 aromatic carbocycles. The number of hydrogen-bond donors (Lipinski definition) is 1. The average molecular weight is 323 g/mol. The molecule has 2 rings (SSSR count). The van der Waals surface area contributed by atoms with Crippen molar-refractivity contribution in [2.75, 3.05) is 5.32 Å². The first-order valence-corrected chi connectivity index (χ1v) is 8.64. The molecule has 0 atom stereocenters. The molecule has 1 N–H and O–H groups in total. The van der Waals surface area contributed by atoms with Gasteiger partial charge < -0.3 is 5.32 Å². The average Bonchev–Trinajstić information content (AvgIpc) is 2.48. The van der Waals surface area contributed by atoms with Crippen LogP contribution < -0.4 is 5.32 Å². The topological polar surface area (TPSA) is 29.1 Å². The van der Waals surface area contributed by atoms with E-state index in [4.69, 9.17) is 0 Å². The van der Waals surface area contributed by atoms with Gasteiger partial charge in [-0.1, -0.05) is 62.7 Å². The van der Waals surface area contributed by atoms with Gasteiger partial charge in [-0.25, -0.2) is 0 Å². The molecule has 0 radical (unpaired) electrons. The lowest BCUT2D eigenvalue weighted by Gasteiger charge is -2.19. The lowest BCUT2D eigenvalue weighted by Crippen LogP contribution is -2.14. The number of anilines is 1. The SMILES string of the molecule is Cc1cc(C)c(NC(=O)CCc2ccc(C(C)(C)C)cc2)c(C)c1. The maximum absolute atomic E-state index is 12.3. The molecule has 0 saturated heterocycles. The summed E-state index contributed by atoms with van der Waals surface area (Å²) >= 11 is 0. The highest BCUT2D eigenvalue weighted by molar-refractivity contribution is 5.92. The number of nitrogens with one attached hydrogen (secondary N) is 1. The zero-order valence-corrected chi connectivity index (χ0v) is 15.8. The van der Waals surface area contributed by atoms with Gasteiger partial charge in [-0.2, -0.15) is 0 Å². The highest BCUT2D eigenvalue weighted by Crippen LogP contribution is 2.23. The van der Waals surface area contributed by atoms with E-state index in [1.165, 1.54) is 16.7 Å². The van der Waals surface area contributed by atoms with E-state index < -0.39 is 0 Å². The van der Waals surface area contributed by atoms with Gasteiger partial charge in [-0.15, -0.1) is 0 Å². The molecular formula is C22H29NO. The fraction of sp³-hybridized carbons (Fsp3) is 0.409. The lowest BCUT2D eigenvalue weighted by molar-refractivity contribution is -0.116. The standard InChI is InChI=1S/C22H29NO/c1-15-13-16(2)21(17(3)14-15)23-20(24)12-9-18-7-10-19(11-8-18)22(4,5)6/h7-8,10-11,13-14H,9,12H2,1-6H3,(H,23,24). The number of carbonyl (C=O) groups is 1. The minimum absolute atomic E-state index is 0.0740. The summed E-state index contributed by atoms with van der Waals surface area (Å²) < 4.78 is 0. The van der Waals surface area contributed by atoms with Gasteiger partial charge >= 0.3 is 0 Å². The summed E-state index contributed by atoms with van der Waals surface area (Å²) in [6.07, 6.45) is 1.27. The third-order valence-corrected chi connectivity index (χ3v) is 4.40. The Kier molecular flexibility index (Phi) is 5.48. The van der Waals surface area contributed by atoms with Crippen LogP contribution in [-0.4, -0.2) is 5.91 Å². The van der Waals surface area contributed by atoms with E-state index in [2.05, 4.69) is 69.4 Å². The van der Waals surface area contributed by atoms with Crippen LogP contribution in [0.1, 0.15) is 55.0 Å². The second kappa shape index (κ2) is 7.21. The number of carbonyl (C=O) groups excluding carboxylic acids is 1. The smallest absolute Gasteiger partial charge is 0.224 e. The van der Waals surface area contributed by atoms with Crippen molar-refractivity contribution in [3.63, 3.8) is 0 Å². The van der Waals surface area contributed by atoms with Crippen LogP contribution >= 0.6 is 0 Å². The Morgan fingerprint density at radius 1 is 0.958 bits per heavy atom. The highest BCUT2D eigenvalue weighted by Gasteiger charge is 2.13. The van der Waals surface area contributed by atoms with E-state index in [0.717, 1.165) is 23.2 Å². The largest absolute Gasteiger partial charge is 0.326 e. The lowest BCUT2D eigenvalue weighted by atomic mass is 9.86. The molecule has 0 heterocycles. The molecule has 0 aromatic heterocycles. The van der Waals surface area contributed by atoms with Crippen molar-refractivity contribution < 1.29 is 4.79 Å². The molecule has 2 nitrogen and oxygen atoms in total. The van der Waals surface area contributed by atoms with Crippen LogP contribution in [-0.2, 0) is 16.6 Å². The molecule has 24 heavy (non-hydrogen) atoms. The number of amides is 1. The summed E-state index contributed by atoms with van der Waals surface area (Å²) in [5.41, 5.74) is 7.11. The molecule has 128 valence electrons. The Hall–Kier alpha value is -2.09. The third-order valence-electron chi connectivity index (χ3n) is 4.40. The van der Waals surface area contributed by atoms with Crippen molar-refractivity contribution in [2.45, 2.75) is 59.8 Å². The van der Waals surface area contributed by atoms with Gasteiger partial charge in [0, 0.05) is 12.1 Å². The number of rotatable bonds is 4. The molecule has 2 heteroatoms. The van der Waals surface area contributed by atoms with Crippen molar-refractivity contribution in [1.29, 1.82) is 0 Å². The summed E-state index contributed by atoms with van der Waals surface area (Å²) in [6.45, 7) is 12.8. The van der Waals surface area contributed by atoms with Crippen molar-refractivity contribution >= 4 is 11.6 Å². The van der Waals surface area contributed by atoms with E-state index >= 15 is 0 Å². The van der Waals surface area contributed by atoms with Gasteiger partial charge in [0.15, 0.2) is 0 Å². The first kappa shape index (κ1) is 18.3. The van der Waals surface area contributed by atoms with Gasteiger partial charge in [0.1, 0.15) is 0 Å². The van der Waals surface area contributed by atoms with Crippen LogP contribution in [0, 0.1) is 20.8 Å². The van der Waals surface area contributed by atoms with Crippen LogP contribution in [0.5, 0.6) is 0 Å². The predicted octanol–water partition coefficient (Wildman–Crippen LogP) is 5.48. The normalized spacial score (nSPS) is 11.4. The monoisotopic (exact) mass is 323 g/mol. The molecule has 0 spiro atoms. The van der Waals surface area contributed by atoms with Gasteiger partial charge in [0.25, 0.3) is 0 Å². The summed E-state index contributed by atoms with van der Waals surface area (Å²) in [7, 11) is 0. The van der Waals surface area contributed by atoms with E-state index in [1.54, 1.807) is 0 Å². The van der Waals surface area contributed by atoms with Crippen molar-refractivity contribution in [1.82, 2.24) is 0 Å². The first-order valence-electron chi connectivity index (χ1n) is 8.64. The molecular weight excluding hydrogens is 294 g/mol. The molecule has 0 aliphatic heterocycles. The number of benzene rings is 2. The Morgan fingerprint density at radius 3 is 2.00 bits per heavy atom. The maximum Gasteiger partial charge on any atom is 0.224 e. The van der Waals surface area contributed by atoms with E-state index in [-0.39, 0.29) is 11.3 Å². The fourth-order valence-corrected chi connectivity index (χ4v) is 3.01. The van der Waals surface area contributed by atoms with Gasteiger partial charge in [-0.05, 0) is 54.9 Å². The molecule has 0 aliphatic carbocycles. The molecule has 0 saturated carbocycles. The minimum atomic E-state index is 0.0740. The predicted molar refractivity (Wildman–Crippen MR) is 103 cm³/mol. The second-order valence-corrected chi connectivity index (χ2v) is 7.77. The van der Waals surface area contributed by atoms with Crippen LogP contribution in [0.2, 0.25) is 0 Å². The zero-order valence-electron chi connectivity index (χ0n) is 15.8. The summed E-state index contributed by atoms with van der Waals surface area (Å²) in [6, 6.07) is 12.8. The molecule has 0 fully saturated rings. The number of hydrogen-bond acceptors (Lipinski definition) is 1. The zero-order chi connectivity index (χ0) is 17.9. The third kappa shape index (κ3) is 4.70. The fourth-order valence-electron chi connectivity index (χ4n) is 3.01. The first-order chi connectivity index (χ1) is 11.2. The van der Waals surface area contributed by atoms with Crippen LogP contribution in [0.25, 0.3) is 0 Å². The summed E-state index contributed by atoms with van der Waals surface area (Å²) in [5.74, 6) is 0.0740. The van der Waals surface area contributed by atoms with Crippen LogP contribution in [0.15, 0.2) is 36.4 Å². The summed E-state index contributed by atoms with van der Waals surface area (Å²) in [4.78, 5) is 12.3. The van der Waals surface area contributed by atoms with E-state index in [1.807, 2.05) is 13.8 Å². The Labute approximate surface area is 146 Å². The molecule has 1 amide bonds. The van der Waals surface area contributed by atoms with Crippen molar-refractivity contribution in [3.05, 3.63) is 64.2 Å². The minimum Gasteiger partial charge on any atom is -0.326 e. The Balaban J connectivity index is 1.97. The van der Waals surface area contributed by atoms with E-state index in [9.17, 15) is 4.79 Å². The molecule has 2 aromatic rings. The maximum atomic E-state index is 12.3.